The van der Waals surface area contributed by atoms with Gasteiger partial charge in [-0.3, -0.25) is 4.79 Å². The molecule has 158 valence electrons. The minimum absolute atomic E-state index is 0.00261. The summed E-state index contributed by atoms with van der Waals surface area (Å²) in [5.41, 5.74) is -0.856. The Morgan fingerprint density at radius 1 is 1.41 bits per heavy atom. The SMILES string of the molecule is N#CC1(NC(=O)[C@H]2CC(S(=O)(=O)c3ccc(OCC(F)(F)F)cc3Cl)CN2)CC1. The van der Waals surface area contributed by atoms with E-state index in [0.717, 1.165) is 18.2 Å². The Kier molecular flexibility index (Phi) is 5.73. The van der Waals surface area contributed by atoms with E-state index in [1.165, 1.54) is 0 Å². The van der Waals surface area contributed by atoms with Crippen molar-refractivity contribution in [1.29, 1.82) is 5.26 Å². The molecule has 0 aromatic heterocycles. The number of rotatable bonds is 6. The largest absolute Gasteiger partial charge is 0.484 e. The Balaban J connectivity index is 1.68. The molecule has 2 N–H and O–H groups in total. The zero-order valence-electron chi connectivity index (χ0n) is 14.9. The molecule has 1 amide bonds. The quantitative estimate of drug-likeness (QED) is 0.684. The van der Waals surface area contributed by atoms with E-state index in [2.05, 4.69) is 15.4 Å². The minimum Gasteiger partial charge on any atom is -0.484 e. The van der Waals surface area contributed by atoms with E-state index in [1.54, 1.807) is 0 Å². The lowest BCUT2D eigenvalue weighted by Crippen LogP contribution is -2.45. The number of nitrogens with zero attached hydrogens (tertiary/aromatic N) is 1. The van der Waals surface area contributed by atoms with E-state index in [0.29, 0.717) is 12.8 Å². The first-order chi connectivity index (χ1) is 13.5. The molecular formula is C17H17ClF3N3O4S. The highest BCUT2D eigenvalue weighted by Crippen LogP contribution is 2.35. The molecule has 29 heavy (non-hydrogen) atoms. The summed E-state index contributed by atoms with van der Waals surface area (Å²) >= 11 is 5.98. The van der Waals surface area contributed by atoms with Gasteiger partial charge < -0.3 is 15.4 Å². The van der Waals surface area contributed by atoms with E-state index in [-0.39, 0.29) is 28.6 Å². The summed E-state index contributed by atoms with van der Waals surface area (Å²) in [6, 6.07) is 4.46. The summed E-state index contributed by atoms with van der Waals surface area (Å²) in [6.07, 6.45) is -3.44. The average Bonchev–Trinajstić information content (AvgIpc) is 3.21. The fraction of sp³-hybridized carbons (Fsp3) is 0.529. The second-order valence-corrected chi connectivity index (χ2v) is 9.65. The van der Waals surface area contributed by atoms with Gasteiger partial charge in [-0.15, -0.1) is 0 Å². The summed E-state index contributed by atoms with van der Waals surface area (Å²) in [6.45, 7) is -1.52. The average molecular weight is 452 g/mol. The van der Waals surface area contributed by atoms with Crippen molar-refractivity contribution in [3.05, 3.63) is 23.2 Å². The highest BCUT2D eigenvalue weighted by Gasteiger charge is 2.47. The van der Waals surface area contributed by atoms with Gasteiger partial charge in [0.05, 0.1) is 27.3 Å². The van der Waals surface area contributed by atoms with E-state index in [9.17, 15) is 26.4 Å². The van der Waals surface area contributed by atoms with Crippen LogP contribution < -0.4 is 15.4 Å². The molecule has 12 heteroatoms. The van der Waals surface area contributed by atoms with Crippen molar-refractivity contribution in [2.75, 3.05) is 13.2 Å². The maximum Gasteiger partial charge on any atom is 0.422 e. The molecule has 1 saturated carbocycles. The van der Waals surface area contributed by atoms with Crippen molar-refractivity contribution in [1.82, 2.24) is 10.6 Å². The third-order valence-corrected chi connectivity index (χ3v) is 7.42. The number of nitrogens with one attached hydrogen (secondary N) is 2. The van der Waals surface area contributed by atoms with Gasteiger partial charge in [-0.05, 0) is 31.4 Å². The monoisotopic (exact) mass is 451 g/mol. The van der Waals surface area contributed by atoms with Crippen LogP contribution in [0.4, 0.5) is 13.2 Å². The van der Waals surface area contributed by atoms with Crippen molar-refractivity contribution in [2.24, 2.45) is 0 Å². The Morgan fingerprint density at radius 2 is 2.10 bits per heavy atom. The number of halogens is 4. The fourth-order valence-corrected chi connectivity index (χ4v) is 5.20. The second kappa shape index (κ2) is 7.66. The number of carbonyl (C=O) groups is 1. The number of amides is 1. The fourth-order valence-electron chi connectivity index (χ4n) is 3.00. The molecule has 0 spiro atoms. The normalized spacial score (nSPS) is 23.3. The molecule has 1 unspecified atom stereocenters. The summed E-state index contributed by atoms with van der Waals surface area (Å²) < 4.78 is 67.0. The van der Waals surface area contributed by atoms with Gasteiger partial charge in [0, 0.05) is 12.6 Å². The molecule has 1 aliphatic heterocycles. The number of sulfone groups is 1. The molecule has 7 nitrogen and oxygen atoms in total. The lowest BCUT2D eigenvalue weighted by atomic mass is 10.2. The van der Waals surface area contributed by atoms with Crippen LogP contribution >= 0.6 is 11.6 Å². The molecular weight excluding hydrogens is 435 g/mol. The van der Waals surface area contributed by atoms with Crippen molar-refractivity contribution >= 4 is 27.3 Å². The zero-order valence-corrected chi connectivity index (χ0v) is 16.5. The van der Waals surface area contributed by atoms with Gasteiger partial charge in [0.1, 0.15) is 11.3 Å². The molecule has 2 fully saturated rings. The van der Waals surface area contributed by atoms with E-state index >= 15 is 0 Å². The molecule has 1 aromatic rings. The molecule has 1 aliphatic carbocycles. The Morgan fingerprint density at radius 3 is 2.66 bits per heavy atom. The highest BCUT2D eigenvalue weighted by molar-refractivity contribution is 7.92. The topological polar surface area (TPSA) is 108 Å². The lowest BCUT2D eigenvalue weighted by molar-refractivity contribution is -0.153. The molecule has 1 aromatic carbocycles. The third-order valence-electron chi connectivity index (χ3n) is 4.78. The van der Waals surface area contributed by atoms with Crippen molar-refractivity contribution in [2.45, 2.75) is 47.2 Å². The highest BCUT2D eigenvalue weighted by atomic mass is 35.5. The number of alkyl halides is 3. The van der Waals surface area contributed by atoms with Crippen LogP contribution in [0.3, 0.4) is 0 Å². The lowest BCUT2D eigenvalue weighted by Gasteiger charge is -2.15. The molecule has 1 heterocycles. The first kappa shape index (κ1) is 21.7. The maximum absolute atomic E-state index is 12.9. The number of carbonyl (C=O) groups excluding carboxylic acids is 1. The predicted octanol–water partition coefficient (Wildman–Crippen LogP) is 1.96. The van der Waals surface area contributed by atoms with Gasteiger partial charge in [0.2, 0.25) is 5.91 Å². The van der Waals surface area contributed by atoms with Crippen molar-refractivity contribution in [3.8, 4) is 11.8 Å². The van der Waals surface area contributed by atoms with Gasteiger partial charge in [-0.2, -0.15) is 18.4 Å². The Hall–Kier alpha value is -2.03. The number of nitriles is 1. The summed E-state index contributed by atoms with van der Waals surface area (Å²) in [5, 5.41) is 13.3. The van der Waals surface area contributed by atoms with Crippen LogP contribution in [0.2, 0.25) is 5.02 Å². The minimum atomic E-state index is -4.53. The van der Waals surface area contributed by atoms with Crippen molar-refractivity contribution < 1.29 is 31.1 Å². The van der Waals surface area contributed by atoms with Crippen LogP contribution in [0.1, 0.15) is 19.3 Å². The van der Waals surface area contributed by atoms with Gasteiger partial charge >= 0.3 is 6.18 Å². The van der Waals surface area contributed by atoms with Crippen LogP contribution in [0.15, 0.2) is 23.1 Å². The molecule has 3 rings (SSSR count). The third kappa shape index (κ3) is 4.94. The number of benzene rings is 1. The van der Waals surface area contributed by atoms with Gasteiger partial charge in [0.15, 0.2) is 16.4 Å². The van der Waals surface area contributed by atoms with E-state index < -0.39 is 45.4 Å². The summed E-state index contributed by atoms with van der Waals surface area (Å²) in [7, 11) is -3.95. The molecule has 0 radical (unpaired) electrons. The standard InChI is InChI=1S/C17H17ClF3N3O4S/c18-12-5-10(28-9-17(19,20)21)1-2-14(12)29(26,27)11-6-13(23-7-11)15(25)24-16(8-22)3-4-16/h1-2,5,11,13,23H,3-4,6-7,9H2,(H,24,25)/t11?,13-/m1/s1. The van der Waals surface area contributed by atoms with Gasteiger partial charge in [-0.1, -0.05) is 11.6 Å². The van der Waals surface area contributed by atoms with Crippen LogP contribution in [0, 0.1) is 11.3 Å². The smallest absolute Gasteiger partial charge is 0.422 e. The predicted molar refractivity (Wildman–Crippen MR) is 96.1 cm³/mol. The molecule has 0 bridgehead atoms. The van der Waals surface area contributed by atoms with Crippen LogP contribution in [0.25, 0.3) is 0 Å². The number of hydrogen-bond acceptors (Lipinski definition) is 6. The van der Waals surface area contributed by atoms with Crippen LogP contribution in [-0.2, 0) is 14.6 Å². The first-order valence-electron chi connectivity index (χ1n) is 8.65. The van der Waals surface area contributed by atoms with Crippen LogP contribution in [0.5, 0.6) is 5.75 Å². The summed E-state index contributed by atoms with van der Waals surface area (Å²) in [5.74, 6) is -0.650. The second-order valence-electron chi connectivity index (χ2n) is 7.04. The van der Waals surface area contributed by atoms with Gasteiger partial charge in [-0.25, -0.2) is 8.42 Å². The molecule has 1 saturated heterocycles. The Labute approximate surface area is 170 Å². The van der Waals surface area contributed by atoms with E-state index in [4.69, 9.17) is 16.9 Å². The summed E-state index contributed by atoms with van der Waals surface area (Å²) in [4.78, 5) is 12.0. The molecule has 2 aliphatic rings. The first-order valence-corrected chi connectivity index (χ1v) is 10.6. The van der Waals surface area contributed by atoms with Crippen LogP contribution in [-0.4, -0.2) is 50.5 Å². The van der Waals surface area contributed by atoms with Crippen molar-refractivity contribution in [3.63, 3.8) is 0 Å². The Bertz CT molecular complexity index is 958. The maximum atomic E-state index is 12.9. The van der Waals surface area contributed by atoms with Gasteiger partial charge in [0.25, 0.3) is 0 Å². The van der Waals surface area contributed by atoms with E-state index in [1.807, 2.05) is 6.07 Å². The molecule has 2 atom stereocenters. The zero-order chi connectivity index (χ0) is 21.4. The number of ether oxygens (including phenoxy) is 1. The number of hydrogen-bond donors (Lipinski definition) is 2.